The van der Waals surface area contributed by atoms with E-state index in [2.05, 4.69) is 15.6 Å². The first-order valence-corrected chi connectivity index (χ1v) is 10.00. The minimum atomic E-state index is -0.453. The van der Waals surface area contributed by atoms with Gasteiger partial charge in [-0.25, -0.2) is 4.79 Å². The number of rotatable bonds is 7. The van der Waals surface area contributed by atoms with Crippen molar-refractivity contribution in [3.63, 3.8) is 0 Å². The molecule has 7 heteroatoms. The molecular weight excluding hydrogens is 386 g/mol. The molecule has 3 aromatic rings. The van der Waals surface area contributed by atoms with Crippen molar-refractivity contribution in [2.75, 3.05) is 19.0 Å². The molecule has 0 aliphatic carbocycles. The van der Waals surface area contributed by atoms with Crippen LogP contribution in [0.5, 0.6) is 0 Å². The van der Waals surface area contributed by atoms with Crippen LogP contribution >= 0.6 is 11.3 Å². The van der Waals surface area contributed by atoms with Gasteiger partial charge in [0.1, 0.15) is 5.00 Å². The molecule has 2 aromatic heterocycles. The van der Waals surface area contributed by atoms with Gasteiger partial charge in [0.2, 0.25) is 5.91 Å². The number of pyridine rings is 1. The summed E-state index contributed by atoms with van der Waals surface area (Å²) in [7, 11) is 1.33. The number of benzene rings is 1. The topological polar surface area (TPSA) is 80.3 Å². The molecule has 1 atom stereocenters. The molecule has 0 aliphatic rings. The van der Waals surface area contributed by atoms with Crippen LogP contribution in [0.25, 0.3) is 0 Å². The van der Waals surface area contributed by atoms with Gasteiger partial charge in [0.05, 0.1) is 31.0 Å². The highest BCUT2D eigenvalue weighted by Crippen LogP contribution is 2.32. The van der Waals surface area contributed by atoms with Gasteiger partial charge in [-0.2, -0.15) is 0 Å². The van der Waals surface area contributed by atoms with Crippen LogP contribution < -0.4 is 10.6 Å². The molecule has 0 bridgehead atoms. The highest BCUT2D eigenvalue weighted by molar-refractivity contribution is 7.16. The zero-order valence-electron chi connectivity index (χ0n) is 16.6. The number of esters is 1. The lowest BCUT2D eigenvalue weighted by Gasteiger charge is -2.18. The molecule has 2 heterocycles. The van der Waals surface area contributed by atoms with Gasteiger partial charge in [0.15, 0.2) is 0 Å². The SMILES string of the molecule is COC(=O)c1c(NC(=O)CNC(c2ccccc2)c2ccccn2)sc(C)c1C. The number of carbonyl (C=O) groups excluding carboxylic acids is 2. The van der Waals surface area contributed by atoms with E-state index in [0.717, 1.165) is 21.7 Å². The Hall–Kier alpha value is -3.03. The number of aromatic nitrogens is 1. The number of aryl methyl sites for hydroxylation is 1. The first-order chi connectivity index (χ1) is 14.0. The summed E-state index contributed by atoms with van der Waals surface area (Å²) in [5, 5.41) is 6.62. The molecule has 1 unspecified atom stereocenters. The maximum absolute atomic E-state index is 12.6. The predicted molar refractivity (Wildman–Crippen MR) is 114 cm³/mol. The van der Waals surface area contributed by atoms with Gasteiger partial charge in [0, 0.05) is 11.1 Å². The molecule has 2 N–H and O–H groups in total. The molecule has 6 nitrogen and oxygen atoms in total. The zero-order chi connectivity index (χ0) is 20.8. The van der Waals surface area contributed by atoms with Crippen molar-refractivity contribution in [1.29, 1.82) is 0 Å². The molecule has 0 radical (unpaired) electrons. The molecule has 29 heavy (non-hydrogen) atoms. The van der Waals surface area contributed by atoms with Crippen LogP contribution in [-0.4, -0.2) is 30.5 Å². The number of thiophene rings is 1. The molecule has 0 saturated heterocycles. The van der Waals surface area contributed by atoms with Gasteiger partial charge in [-0.05, 0) is 37.1 Å². The summed E-state index contributed by atoms with van der Waals surface area (Å²) < 4.78 is 4.86. The summed E-state index contributed by atoms with van der Waals surface area (Å²) in [5.41, 5.74) is 3.06. The van der Waals surface area contributed by atoms with Crippen molar-refractivity contribution in [3.05, 3.63) is 82.0 Å². The third-order valence-electron chi connectivity index (χ3n) is 4.61. The average molecular weight is 410 g/mol. The molecule has 0 spiro atoms. The summed E-state index contributed by atoms with van der Waals surface area (Å²) in [4.78, 5) is 30.1. The van der Waals surface area contributed by atoms with Gasteiger partial charge >= 0.3 is 5.97 Å². The number of carbonyl (C=O) groups is 2. The van der Waals surface area contributed by atoms with E-state index in [-0.39, 0.29) is 18.5 Å². The lowest BCUT2D eigenvalue weighted by Crippen LogP contribution is -2.32. The second kappa shape index (κ2) is 9.45. The maximum Gasteiger partial charge on any atom is 0.341 e. The van der Waals surface area contributed by atoms with Crippen LogP contribution in [0, 0.1) is 13.8 Å². The standard InChI is InChI=1S/C22H23N3O3S/c1-14-15(2)29-21(19(14)22(27)28-3)25-18(26)13-24-20(16-9-5-4-6-10-16)17-11-7-8-12-23-17/h4-12,20,24H,13H2,1-3H3,(H,25,26). The third-order valence-corrected chi connectivity index (χ3v) is 5.73. The smallest absolute Gasteiger partial charge is 0.341 e. The van der Waals surface area contributed by atoms with Crippen LogP contribution in [0.3, 0.4) is 0 Å². The molecule has 0 fully saturated rings. The van der Waals surface area contributed by atoms with Crippen LogP contribution in [-0.2, 0) is 9.53 Å². The van der Waals surface area contributed by atoms with E-state index < -0.39 is 5.97 Å². The van der Waals surface area contributed by atoms with Crippen LogP contribution in [0.15, 0.2) is 54.7 Å². The van der Waals surface area contributed by atoms with E-state index in [4.69, 9.17) is 4.74 Å². The fourth-order valence-corrected chi connectivity index (χ4v) is 4.08. The lowest BCUT2D eigenvalue weighted by molar-refractivity contribution is -0.115. The number of anilines is 1. The second-order valence-corrected chi connectivity index (χ2v) is 7.73. The largest absolute Gasteiger partial charge is 0.465 e. The van der Waals surface area contributed by atoms with Crippen molar-refractivity contribution >= 4 is 28.2 Å². The number of nitrogens with one attached hydrogen (secondary N) is 2. The van der Waals surface area contributed by atoms with Crippen molar-refractivity contribution < 1.29 is 14.3 Å². The van der Waals surface area contributed by atoms with E-state index in [1.54, 1.807) is 6.20 Å². The van der Waals surface area contributed by atoms with Crippen molar-refractivity contribution in [3.8, 4) is 0 Å². The van der Waals surface area contributed by atoms with Gasteiger partial charge in [-0.15, -0.1) is 11.3 Å². The van der Waals surface area contributed by atoms with E-state index in [1.807, 2.05) is 62.4 Å². The molecule has 1 amide bonds. The van der Waals surface area contributed by atoms with Crippen molar-refractivity contribution in [2.45, 2.75) is 19.9 Å². The van der Waals surface area contributed by atoms with E-state index in [9.17, 15) is 9.59 Å². The first-order valence-electron chi connectivity index (χ1n) is 9.18. The van der Waals surface area contributed by atoms with Crippen molar-refractivity contribution in [1.82, 2.24) is 10.3 Å². The number of hydrogen-bond donors (Lipinski definition) is 2. The lowest BCUT2D eigenvalue weighted by atomic mass is 10.0. The molecule has 0 aliphatic heterocycles. The summed E-state index contributed by atoms with van der Waals surface area (Å²) >= 11 is 1.37. The van der Waals surface area contributed by atoms with E-state index >= 15 is 0 Å². The summed E-state index contributed by atoms with van der Waals surface area (Å²) in [6.07, 6.45) is 1.73. The van der Waals surface area contributed by atoms with Gasteiger partial charge in [0.25, 0.3) is 0 Å². The summed E-state index contributed by atoms with van der Waals surface area (Å²) in [6.45, 7) is 3.82. The Morgan fingerprint density at radius 3 is 2.48 bits per heavy atom. The Kier molecular flexibility index (Phi) is 6.74. The Morgan fingerprint density at radius 2 is 1.83 bits per heavy atom. The number of hydrogen-bond acceptors (Lipinski definition) is 6. The van der Waals surface area contributed by atoms with Crippen LogP contribution in [0.1, 0.15) is 38.1 Å². The quantitative estimate of drug-likeness (QED) is 0.579. The number of amides is 1. The molecular formula is C22H23N3O3S. The monoisotopic (exact) mass is 409 g/mol. The summed E-state index contributed by atoms with van der Waals surface area (Å²) in [6, 6.07) is 15.3. The highest BCUT2D eigenvalue weighted by Gasteiger charge is 2.22. The van der Waals surface area contributed by atoms with E-state index in [0.29, 0.717) is 10.6 Å². The number of nitrogens with zero attached hydrogens (tertiary/aromatic N) is 1. The molecule has 3 rings (SSSR count). The van der Waals surface area contributed by atoms with E-state index in [1.165, 1.54) is 18.4 Å². The fourth-order valence-electron chi connectivity index (χ4n) is 3.01. The Morgan fingerprint density at radius 1 is 1.10 bits per heavy atom. The highest BCUT2D eigenvalue weighted by atomic mass is 32.1. The number of ether oxygens (including phenoxy) is 1. The maximum atomic E-state index is 12.6. The van der Waals surface area contributed by atoms with Gasteiger partial charge in [-0.1, -0.05) is 36.4 Å². The van der Waals surface area contributed by atoms with Gasteiger partial charge in [-0.3, -0.25) is 15.1 Å². The minimum Gasteiger partial charge on any atom is -0.465 e. The van der Waals surface area contributed by atoms with Crippen LogP contribution in [0.4, 0.5) is 5.00 Å². The Balaban J connectivity index is 1.75. The molecule has 0 saturated carbocycles. The third kappa shape index (κ3) is 4.88. The zero-order valence-corrected chi connectivity index (χ0v) is 17.4. The Bertz CT molecular complexity index is 948. The predicted octanol–water partition coefficient (Wildman–Crippen LogP) is 3.86. The van der Waals surface area contributed by atoms with Crippen molar-refractivity contribution in [2.24, 2.45) is 0 Å². The Labute approximate surface area is 173 Å². The average Bonchev–Trinajstić information content (AvgIpc) is 3.02. The number of methoxy groups -OCH3 is 1. The summed E-state index contributed by atoms with van der Waals surface area (Å²) in [5.74, 6) is -0.695. The van der Waals surface area contributed by atoms with Crippen LogP contribution in [0.2, 0.25) is 0 Å². The second-order valence-electron chi connectivity index (χ2n) is 6.51. The first kappa shape index (κ1) is 20.7. The normalized spacial score (nSPS) is 11.7. The minimum absolute atomic E-state index is 0.0622. The molecule has 1 aromatic carbocycles. The fraction of sp³-hybridized carbons (Fsp3) is 0.227. The van der Waals surface area contributed by atoms with Gasteiger partial charge < -0.3 is 10.1 Å². The molecule has 150 valence electrons.